The highest BCUT2D eigenvalue weighted by Crippen LogP contribution is 2.30. The molecule has 2 aliphatic rings. The van der Waals surface area contributed by atoms with Crippen molar-refractivity contribution in [1.29, 1.82) is 0 Å². The van der Waals surface area contributed by atoms with E-state index in [1.165, 1.54) is 0 Å². The van der Waals surface area contributed by atoms with Crippen LogP contribution in [-0.4, -0.2) is 91.8 Å². The SMILES string of the molecule is O=C(Nc1cc(OCCN2CCOCC2)nc(N2CCOCC2)n1)Nc1cccc2c(O)cccc12. The standard InChI is InChI=1S/C25H30N6O5/c32-21-6-2-3-18-19(21)4-1-5-20(18)26-25(33)28-22-17-23(36-16-9-30-7-12-34-13-8-30)29-24(27-22)31-10-14-35-15-11-31/h1-6,17,32H,7-16H2,(H2,26,27,28,29,33). The number of aromatic hydroxyl groups is 1. The van der Waals surface area contributed by atoms with Gasteiger partial charge in [-0.1, -0.05) is 24.3 Å². The van der Waals surface area contributed by atoms with Gasteiger partial charge in [0.2, 0.25) is 11.8 Å². The summed E-state index contributed by atoms with van der Waals surface area (Å²) in [5, 5.41) is 17.2. The molecule has 0 spiro atoms. The first-order chi connectivity index (χ1) is 17.7. The summed E-state index contributed by atoms with van der Waals surface area (Å²) in [4.78, 5) is 26.3. The van der Waals surface area contributed by atoms with E-state index in [1.54, 1.807) is 36.4 Å². The number of carbonyl (C=O) groups excluding carboxylic acids is 1. The number of fused-ring (bicyclic) bond motifs is 1. The molecule has 36 heavy (non-hydrogen) atoms. The third-order valence-corrected chi connectivity index (χ3v) is 6.13. The van der Waals surface area contributed by atoms with E-state index >= 15 is 0 Å². The molecule has 0 bridgehead atoms. The van der Waals surface area contributed by atoms with Crippen LogP contribution in [0.1, 0.15) is 0 Å². The molecule has 2 saturated heterocycles. The number of phenolic OH excluding ortho intramolecular Hbond substituents is 1. The lowest BCUT2D eigenvalue weighted by molar-refractivity contribution is 0.0320. The van der Waals surface area contributed by atoms with Crippen LogP contribution < -0.4 is 20.3 Å². The maximum absolute atomic E-state index is 12.9. The maximum Gasteiger partial charge on any atom is 0.324 e. The largest absolute Gasteiger partial charge is 0.507 e. The highest BCUT2D eigenvalue weighted by atomic mass is 16.5. The summed E-state index contributed by atoms with van der Waals surface area (Å²) in [7, 11) is 0. The third kappa shape index (κ3) is 5.93. The first-order valence-corrected chi connectivity index (χ1v) is 12.1. The van der Waals surface area contributed by atoms with Gasteiger partial charge >= 0.3 is 6.03 Å². The Labute approximate surface area is 209 Å². The molecule has 0 aliphatic carbocycles. The number of benzene rings is 2. The van der Waals surface area contributed by atoms with Crippen LogP contribution >= 0.6 is 0 Å². The molecular weight excluding hydrogens is 464 g/mol. The van der Waals surface area contributed by atoms with E-state index in [0.717, 1.165) is 38.2 Å². The zero-order valence-electron chi connectivity index (χ0n) is 20.0. The number of hydrogen-bond acceptors (Lipinski definition) is 9. The smallest absolute Gasteiger partial charge is 0.324 e. The molecule has 190 valence electrons. The van der Waals surface area contributed by atoms with E-state index in [2.05, 4.69) is 25.5 Å². The first kappa shape index (κ1) is 24.0. The van der Waals surface area contributed by atoms with Crippen LogP contribution in [-0.2, 0) is 9.47 Å². The molecule has 0 radical (unpaired) electrons. The van der Waals surface area contributed by atoms with Gasteiger partial charge in [-0.25, -0.2) is 4.79 Å². The monoisotopic (exact) mass is 494 g/mol. The fraction of sp³-hybridized carbons (Fsp3) is 0.400. The average Bonchev–Trinajstić information content (AvgIpc) is 2.90. The number of carbonyl (C=O) groups is 1. The molecule has 3 heterocycles. The van der Waals surface area contributed by atoms with Crippen molar-refractivity contribution in [2.24, 2.45) is 0 Å². The summed E-state index contributed by atoms with van der Waals surface area (Å²) in [6.45, 7) is 6.93. The highest BCUT2D eigenvalue weighted by Gasteiger charge is 2.18. The molecule has 11 nitrogen and oxygen atoms in total. The number of hydrogen-bond donors (Lipinski definition) is 3. The maximum atomic E-state index is 12.9. The fourth-order valence-electron chi connectivity index (χ4n) is 4.23. The van der Waals surface area contributed by atoms with Gasteiger partial charge in [-0.3, -0.25) is 10.2 Å². The number of amides is 2. The van der Waals surface area contributed by atoms with Crippen molar-refractivity contribution in [2.75, 3.05) is 81.3 Å². The quantitative estimate of drug-likeness (QED) is 0.455. The van der Waals surface area contributed by atoms with Gasteiger partial charge in [-0.15, -0.1) is 0 Å². The number of nitrogens with one attached hydrogen (secondary N) is 2. The molecule has 2 aromatic carbocycles. The summed E-state index contributed by atoms with van der Waals surface area (Å²) in [5.74, 6) is 1.35. The van der Waals surface area contributed by atoms with Gasteiger partial charge in [0.1, 0.15) is 18.2 Å². The van der Waals surface area contributed by atoms with Crippen LogP contribution in [0.25, 0.3) is 10.8 Å². The Morgan fingerprint density at radius 2 is 1.67 bits per heavy atom. The third-order valence-electron chi connectivity index (χ3n) is 6.13. The number of urea groups is 1. The van der Waals surface area contributed by atoms with E-state index in [0.29, 0.717) is 61.6 Å². The number of rotatable bonds is 7. The van der Waals surface area contributed by atoms with Gasteiger partial charge in [0.15, 0.2) is 0 Å². The Kier molecular flexibility index (Phi) is 7.60. The molecule has 0 saturated carbocycles. The summed E-state index contributed by atoms with van der Waals surface area (Å²) in [6, 6.07) is 11.7. The van der Waals surface area contributed by atoms with Gasteiger partial charge in [-0.05, 0) is 12.1 Å². The van der Waals surface area contributed by atoms with E-state index in [-0.39, 0.29) is 5.75 Å². The zero-order chi connectivity index (χ0) is 24.7. The highest BCUT2D eigenvalue weighted by molar-refractivity contribution is 6.07. The molecule has 0 unspecified atom stereocenters. The Morgan fingerprint density at radius 1 is 0.944 bits per heavy atom. The molecule has 3 aromatic rings. The van der Waals surface area contributed by atoms with E-state index < -0.39 is 6.03 Å². The van der Waals surface area contributed by atoms with Crippen LogP contribution in [0.5, 0.6) is 11.6 Å². The van der Waals surface area contributed by atoms with Crippen molar-refractivity contribution >= 4 is 34.3 Å². The molecule has 2 fully saturated rings. The molecule has 3 N–H and O–H groups in total. The number of morpholine rings is 2. The zero-order valence-corrected chi connectivity index (χ0v) is 20.0. The van der Waals surface area contributed by atoms with Crippen LogP contribution in [0.2, 0.25) is 0 Å². The second-order valence-corrected chi connectivity index (χ2v) is 8.55. The second kappa shape index (κ2) is 11.4. The van der Waals surface area contributed by atoms with Crippen molar-refractivity contribution in [3.63, 3.8) is 0 Å². The van der Waals surface area contributed by atoms with Gasteiger partial charge in [0.25, 0.3) is 0 Å². The van der Waals surface area contributed by atoms with Gasteiger partial charge in [0, 0.05) is 49.6 Å². The molecule has 2 aliphatic heterocycles. The Bertz CT molecular complexity index is 1200. The molecule has 5 rings (SSSR count). The van der Waals surface area contributed by atoms with Crippen molar-refractivity contribution in [2.45, 2.75) is 0 Å². The lowest BCUT2D eigenvalue weighted by Crippen LogP contribution is -2.39. The minimum Gasteiger partial charge on any atom is -0.507 e. The summed E-state index contributed by atoms with van der Waals surface area (Å²) in [5.41, 5.74) is 0.574. The lowest BCUT2D eigenvalue weighted by atomic mass is 10.1. The Morgan fingerprint density at radius 3 is 2.47 bits per heavy atom. The van der Waals surface area contributed by atoms with Crippen LogP contribution in [0, 0.1) is 0 Å². The van der Waals surface area contributed by atoms with Gasteiger partial charge in [-0.2, -0.15) is 9.97 Å². The molecule has 11 heteroatoms. The Balaban J connectivity index is 1.30. The van der Waals surface area contributed by atoms with Crippen LogP contribution in [0.15, 0.2) is 42.5 Å². The van der Waals surface area contributed by atoms with Gasteiger partial charge in [0.05, 0.1) is 32.1 Å². The first-order valence-electron chi connectivity index (χ1n) is 12.1. The number of nitrogens with zero attached hydrogens (tertiary/aromatic N) is 4. The van der Waals surface area contributed by atoms with E-state index in [9.17, 15) is 9.90 Å². The number of anilines is 3. The normalized spacial score (nSPS) is 16.6. The summed E-state index contributed by atoms with van der Waals surface area (Å²) in [6.07, 6.45) is 0. The summed E-state index contributed by atoms with van der Waals surface area (Å²) < 4.78 is 16.8. The number of ether oxygens (including phenoxy) is 3. The molecule has 2 amide bonds. The van der Waals surface area contributed by atoms with Crippen molar-refractivity contribution in [3.8, 4) is 11.6 Å². The Hall–Kier alpha value is -3.67. The molecule has 0 atom stereocenters. The van der Waals surface area contributed by atoms with Crippen LogP contribution in [0.4, 0.5) is 22.2 Å². The summed E-state index contributed by atoms with van der Waals surface area (Å²) >= 11 is 0. The second-order valence-electron chi connectivity index (χ2n) is 8.55. The lowest BCUT2D eigenvalue weighted by Gasteiger charge is -2.28. The van der Waals surface area contributed by atoms with Crippen molar-refractivity contribution in [1.82, 2.24) is 14.9 Å². The number of aromatic nitrogens is 2. The minimum absolute atomic E-state index is 0.154. The van der Waals surface area contributed by atoms with Crippen LogP contribution in [0.3, 0.4) is 0 Å². The van der Waals surface area contributed by atoms with Gasteiger partial charge < -0.3 is 29.5 Å². The van der Waals surface area contributed by atoms with E-state index in [4.69, 9.17) is 14.2 Å². The predicted molar refractivity (Wildman–Crippen MR) is 136 cm³/mol. The van der Waals surface area contributed by atoms with Crippen molar-refractivity contribution < 1.29 is 24.1 Å². The minimum atomic E-state index is -0.461. The fourth-order valence-corrected chi connectivity index (χ4v) is 4.23. The molecular formula is C25H30N6O5. The number of phenols is 1. The predicted octanol–water partition coefficient (Wildman–Crippen LogP) is 2.53. The van der Waals surface area contributed by atoms with E-state index in [1.807, 2.05) is 11.0 Å². The molecule has 1 aromatic heterocycles. The average molecular weight is 495 g/mol. The topological polar surface area (TPSA) is 121 Å². The van der Waals surface area contributed by atoms with Crippen molar-refractivity contribution in [3.05, 3.63) is 42.5 Å².